The lowest BCUT2D eigenvalue weighted by Crippen LogP contribution is -2.65. The van der Waals surface area contributed by atoms with Crippen LogP contribution in [-0.4, -0.2) is 49.3 Å². The normalized spacial score (nSPS) is 27.4. The molecule has 0 amide bonds. The lowest BCUT2D eigenvalue weighted by Gasteiger charge is -2.50. The Balaban J connectivity index is 2.63. The maximum atomic E-state index is 5.20. The molecule has 0 aromatic carbocycles. The molecule has 0 saturated carbocycles. The van der Waals surface area contributed by atoms with Crippen molar-refractivity contribution in [1.29, 1.82) is 0 Å². The predicted octanol–water partition coefficient (Wildman–Crippen LogP) is 2.12. The number of methoxy groups -OCH3 is 1. The van der Waals surface area contributed by atoms with E-state index in [0.717, 1.165) is 26.1 Å². The predicted molar refractivity (Wildman–Crippen MR) is 73.4 cm³/mol. The standard InChI is InChI=1S/C14H30N2O/c1-11(2)13-9-16(12(3)7-8-17-6)14(4,5)10-15-13/h11-13,15H,7-10H2,1-6H3. The van der Waals surface area contributed by atoms with E-state index < -0.39 is 0 Å². The van der Waals surface area contributed by atoms with Gasteiger partial charge in [-0.1, -0.05) is 13.8 Å². The highest BCUT2D eigenvalue weighted by atomic mass is 16.5. The summed E-state index contributed by atoms with van der Waals surface area (Å²) in [4.78, 5) is 2.65. The van der Waals surface area contributed by atoms with Gasteiger partial charge in [0.1, 0.15) is 0 Å². The average molecular weight is 242 g/mol. The van der Waals surface area contributed by atoms with Crippen LogP contribution in [-0.2, 0) is 4.74 Å². The maximum absolute atomic E-state index is 5.20. The van der Waals surface area contributed by atoms with Crippen LogP contribution in [0.15, 0.2) is 0 Å². The topological polar surface area (TPSA) is 24.5 Å². The van der Waals surface area contributed by atoms with Crippen LogP contribution in [0.1, 0.15) is 41.0 Å². The zero-order chi connectivity index (χ0) is 13.1. The first kappa shape index (κ1) is 14.9. The summed E-state index contributed by atoms with van der Waals surface area (Å²) in [5.74, 6) is 0.697. The van der Waals surface area contributed by atoms with Crippen LogP contribution in [0.4, 0.5) is 0 Å². The Morgan fingerprint density at radius 3 is 2.53 bits per heavy atom. The Bertz CT molecular complexity index is 228. The lowest BCUT2D eigenvalue weighted by atomic mass is 9.91. The number of nitrogens with zero attached hydrogens (tertiary/aromatic N) is 1. The smallest absolute Gasteiger partial charge is 0.0477 e. The average Bonchev–Trinajstić information content (AvgIpc) is 2.25. The molecule has 1 aliphatic heterocycles. The minimum Gasteiger partial charge on any atom is -0.385 e. The van der Waals surface area contributed by atoms with Crippen LogP contribution in [0.25, 0.3) is 0 Å². The Kier molecular flexibility index (Phi) is 5.42. The van der Waals surface area contributed by atoms with Crippen LogP contribution in [0.3, 0.4) is 0 Å². The van der Waals surface area contributed by atoms with E-state index in [0.29, 0.717) is 18.0 Å². The van der Waals surface area contributed by atoms with Crippen LogP contribution in [0.5, 0.6) is 0 Å². The first-order valence-electron chi connectivity index (χ1n) is 6.87. The van der Waals surface area contributed by atoms with Crippen molar-refractivity contribution in [2.75, 3.05) is 26.8 Å². The van der Waals surface area contributed by atoms with Crippen molar-refractivity contribution < 1.29 is 4.74 Å². The van der Waals surface area contributed by atoms with Crippen molar-refractivity contribution >= 4 is 0 Å². The molecule has 1 rings (SSSR count). The largest absolute Gasteiger partial charge is 0.385 e. The minimum absolute atomic E-state index is 0.249. The number of ether oxygens (including phenoxy) is 1. The van der Waals surface area contributed by atoms with Crippen LogP contribution in [0, 0.1) is 5.92 Å². The minimum atomic E-state index is 0.249. The zero-order valence-electron chi connectivity index (χ0n) is 12.4. The molecule has 1 heterocycles. The maximum Gasteiger partial charge on any atom is 0.0477 e. The van der Waals surface area contributed by atoms with E-state index in [-0.39, 0.29) is 5.54 Å². The highest BCUT2D eigenvalue weighted by Crippen LogP contribution is 2.24. The van der Waals surface area contributed by atoms with E-state index in [1.165, 1.54) is 0 Å². The molecule has 0 aliphatic carbocycles. The summed E-state index contributed by atoms with van der Waals surface area (Å²) >= 11 is 0. The monoisotopic (exact) mass is 242 g/mol. The summed E-state index contributed by atoms with van der Waals surface area (Å²) in [6.07, 6.45) is 1.12. The van der Waals surface area contributed by atoms with Gasteiger partial charge in [0.15, 0.2) is 0 Å². The number of rotatable bonds is 5. The van der Waals surface area contributed by atoms with Crippen molar-refractivity contribution in [2.24, 2.45) is 5.92 Å². The molecule has 102 valence electrons. The molecule has 1 saturated heterocycles. The molecule has 2 atom stereocenters. The highest BCUT2D eigenvalue weighted by Gasteiger charge is 2.37. The molecule has 3 nitrogen and oxygen atoms in total. The van der Waals surface area contributed by atoms with Gasteiger partial charge in [-0.2, -0.15) is 0 Å². The van der Waals surface area contributed by atoms with Crippen molar-refractivity contribution in [2.45, 2.75) is 58.7 Å². The van der Waals surface area contributed by atoms with Gasteiger partial charge >= 0.3 is 0 Å². The van der Waals surface area contributed by atoms with Crippen molar-refractivity contribution in [3.05, 3.63) is 0 Å². The fraction of sp³-hybridized carbons (Fsp3) is 1.00. The Morgan fingerprint density at radius 1 is 1.35 bits per heavy atom. The van der Waals surface area contributed by atoms with Crippen molar-refractivity contribution in [3.8, 4) is 0 Å². The van der Waals surface area contributed by atoms with Crippen LogP contribution < -0.4 is 5.32 Å². The Morgan fingerprint density at radius 2 is 2.00 bits per heavy atom. The molecule has 17 heavy (non-hydrogen) atoms. The van der Waals surface area contributed by atoms with Gasteiger partial charge in [-0.05, 0) is 33.1 Å². The Hall–Kier alpha value is -0.120. The van der Waals surface area contributed by atoms with Gasteiger partial charge in [-0.25, -0.2) is 0 Å². The second-order valence-electron chi connectivity index (χ2n) is 6.33. The summed E-state index contributed by atoms with van der Waals surface area (Å²) in [5, 5.41) is 3.68. The van der Waals surface area contributed by atoms with Gasteiger partial charge in [0, 0.05) is 44.4 Å². The fourth-order valence-electron chi connectivity index (χ4n) is 2.67. The van der Waals surface area contributed by atoms with Crippen molar-refractivity contribution in [1.82, 2.24) is 10.2 Å². The lowest BCUT2D eigenvalue weighted by molar-refractivity contribution is 0.0111. The first-order valence-corrected chi connectivity index (χ1v) is 6.87. The molecule has 0 radical (unpaired) electrons. The third-order valence-electron chi connectivity index (χ3n) is 4.04. The van der Waals surface area contributed by atoms with Gasteiger partial charge in [-0.15, -0.1) is 0 Å². The second-order valence-corrected chi connectivity index (χ2v) is 6.33. The first-order chi connectivity index (χ1) is 7.88. The SMILES string of the molecule is COCCC(C)N1CC(C(C)C)NCC1(C)C. The quantitative estimate of drug-likeness (QED) is 0.799. The summed E-state index contributed by atoms with van der Waals surface area (Å²) in [6.45, 7) is 14.7. The van der Waals surface area contributed by atoms with Gasteiger partial charge in [0.25, 0.3) is 0 Å². The third kappa shape index (κ3) is 3.94. The summed E-state index contributed by atoms with van der Waals surface area (Å²) in [7, 11) is 1.78. The summed E-state index contributed by atoms with van der Waals surface area (Å²) in [5.41, 5.74) is 0.249. The van der Waals surface area contributed by atoms with E-state index >= 15 is 0 Å². The number of hydrogen-bond acceptors (Lipinski definition) is 3. The van der Waals surface area contributed by atoms with E-state index in [2.05, 4.69) is 44.8 Å². The molecule has 0 aromatic rings. The summed E-state index contributed by atoms with van der Waals surface area (Å²) < 4.78 is 5.20. The van der Waals surface area contributed by atoms with Gasteiger partial charge < -0.3 is 10.1 Å². The number of piperazine rings is 1. The van der Waals surface area contributed by atoms with Gasteiger partial charge in [0.2, 0.25) is 0 Å². The van der Waals surface area contributed by atoms with Gasteiger partial charge in [-0.3, -0.25) is 4.90 Å². The zero-order valence-corrected chi connectivity index (χ0v) is 12.4. The van der Waals surface area contributed by atoms with Crippen LogP contribution in [0.2, 0.25) is 0 Å². The fourth-order valence-corrected chi connectivity index (χ4v) is 2.67. The molecule has 2 unspecified atom stereocenters. The van der Waals surface area contributed by atoms with Crippen molar-refractivity contribution in [3.63, 3.8) is 0 Å². The summed E-state index contributed by atoms with van der Waals surface area (Å²) in [6, 6.07) is 1.21. The van der Waals surface area contributed by atoms with Gasteiger partial charge in [0.05, 0.1) is 0 Å². The van der Waals surface area contributed by atoms with E-state index in [4.69, 9.17) is 4.74 Å². The number of nitrogens with one attached hydrogen (secondary N) is 1. The molecule has 1 aliphatic rings. The Labute approximate surface area is 107 Å². The van der Waals surface area contributed by atoms with E-state index in [9.17, 15) is 0 Å². The van der Waals surface area contributed by atoms with E-state index in [1.54, 1.807) is 7.11 Å². The molecule has 3 heteroatoms. The molecule has 1 fully saturated rings. The van der Waals surface area contributed by atoms with E-state index in [1.807, 2.05) is 0 Å². The third-order valence-corrected chi connectivity index (χ3v) is 4.04. The number of hydrogen-bond donors (Lipinski definition) is 1. The molecule has 0 bridgehead atoms. The second kappa shape index (κ2) is 6.17. The molecular weight excluding hydrogens is 212 g/mol. The molecule has 1 N–H and O–H groups in total. The van der Waals surface area contributed by atoms with Crippen LogP contribution >= 0.6 is 0 Å². The molecular formula is C14H30N2O. The molecule has 0 spiro atoms. The highest BCUT2D eigenvalue weighted by molar-refractivity contribution is 4.95. The molecule has 0 aromatic heterocycles.